The summed E-state index contributed by atoms with van der Waals surface area (Å²) >= 11 is 1.75. The lowest BCUT2D eigenvalue weighted by atomic mass is 10.1. The second-order valence-electron chi connectivity index (χ2n) is 5.24. The van der Waals surface area contributed by atoms with Gasteiger partial charge in [-0.2, -0.15) is 11.3 Å². The summed E-state index contributed by atoms with van der Waals surface area (Å²) in [4.78, 5) is 11.5. The Hall–Kier alpha value is -1.98. The van der Waals surface area contributed by atoms with Crippen molar-refractivity contribution in [3.05, 3.63) is 58.2 Å². The Labute approximate surface area is 127 Å². The molecule has 0 fully saturated rings. The van der Waals surface area contributed by atoms with Crippen molar-refractivity contribution < 1.29 is 4.42 Å². The molecule has 0 N–H and O–H groups in total. The van der Waals surface area contributed by atoms with Gasteiger partial charge in [0.1, 0.15) is 0 Å². The number of fused-ring (bicyclic) bond motifs is 1. The maximum Gasteiger partial charge on any atom is 0.195 e. The van der Waals surface area contributed by atoms with E-state index < -0.39 is 0 Å². The zero-order valence-corrected chi connectivity index (χ0v) is 12.3. The third-order valence-electron chi connectivity index (χ3n) is 3.75. The largest absolute Gasteiger partial charge is 0.461 e. The Morgan fingerprint density at radius 3 is 3.14 bits per heavy atom. The lowest BCUT2D eigenvalue weighted by Crippen LogP contribution is -2.30. The molecule has 4 heterocycles. The number of hydrogen-bond donors (Lipinski definition) is 0. The first-order chi connectivity index (χ1) is 10.4. The van der Waals surface area contributed by atoms with E-state index in [9.17, 15) is 0 Å². The van der Waals surface area contributed by atoms with Crippen molar-refractivity contribution in [2.24, 2.45) is 0 Å². The molecule has 0 spiro atoms. The normalized spacial score (nSPS) is 15.0. The van der Waals surface area contributed by atoms with Gasteiger partial charge in [0.15, 0.2) is 11.6 Å². The summed E-state index contributed by atoms with van der Waals surface area (Å²) in [6.07, 6.45) is 4.61. The fourth-order valence-corrected chi connectivity index (χ4v) is 3.32. The summed E-state index contributed by atoms with van der Waals surface area (Å²) in [6.45, 7) is 2.93. The van der Waals surface area contributed by atoms with Crippen molar-refractivity contribution in [2.45, 2.75) is 19.5 Å². The quantitative estimate of drug-likeness (QED) is 0.743. The van der Waals surface area contributed by atoms with E-state index in [1.54, 1.807) is 17.6 Å². The van der Waals surface area contributed by atoms with E-state index in [1.165, 1.54) is 11.1 Å². The Bertz CT molecular complexity index is 722. The van der Waals surface area contributed by atoms with Crippen LogP contribution < -0.4 is 0 Å². The minimum Gasteiger partial charge on any atom is -0.461 e. The molecule has 3 aromatic heterocycles. The Kier molecular flexibility index (Phi) is 3.29. The molecular weight excluding hydrogens is 282 g/mol. The number of nitrogens with zero attached hydrogens (tertiary/aromatic N) is 3. The van der Waals surface area contributed by atoms with Crippen molar-refractivity contribution in [2.75, 3.05) is 6.54 Å². The van der Waals surface area contributed by atoms with Gasteiger partial charge >= 0.3 is 0 Å². The first-order valence-corrected chi connectivity index (χ1v) is 7.95. The Balaban J connectivity index is 1.57. The van der Waals surface area contributed by atoms with E-state index >= 15 is 0 Å². The average molecular weight is 297 g/mol. The van der Waals surface area contributed by atoms with Crippen LogP contribution in [-0.4, -0.2) is 21.4 Å². The lowest BCUT2D eigenvalue weighted by molar-refractivity contribution is 0.241. The van der Waals surface area contributed by atoms with Gasteiger partial charge in [-0.15, -0.1) is 0 Å². The molecule has 0 unspecified atom stereocenters. The molecule has 0 bridgehead atoms. The van der Waals surface area contributed by atoms with Crippen LogP contribution in [0.5, 0.6) is 0 Å². The highest BCUT2D eigenvalue weighted by atomic mass is 32.1. The number of aromatic nitrogens is 2. The van der Waals surface area contributed by atoms with Crippen LogP contribution in [-0.2, 0) is 19.5 Å². The summed E-state index contributed by atoms with van der Waals surface area (Å²) in [5.41, 5.74) is 3.76. The number of hydrogen-bond acceptors (Lipinski definition) is 5. The van der Waals surface area contributed by atoms with E-state index in [2.05, 4.69) is 26.7 Å². The number of rotatable bonds is 3. The highest BCUT2D eigenvalue weighted by molar-refractivity contribution is 7.07. The van der Waals surface area contributed by atoms with Crippen LogP contribution in [0.2, 0.25) is 0 Å². The molecule has 4 nitrogen and oxygen atoms in total. The molecule has 106 valence electrons. The van der Waals surface area contributed by atoms with Gasteiger partial charge in [-0.1, -0.05) is 0 Å². The molecule has 0 aromatic carbocycles. The van der Waals surface area contributed by atoms with Crippen LogP contribution in [0.1, 0.15) is 16.8 Å². The van der Waals surface area contributed by atoms with Gasteiger partial charge in [-0.05, 0) is 46.5 Å². The van der Waals surface area contributed by atoms with Crippen molar-refractivity contribution in [3.8, 4) is 11.6 Å². The topological polar surface area (TPSA) is 42.2 Å². The Morgan fingerprint density at radius 2 is 2.33 bits per heavy atom. The monoisotopic (exact) mass is 297 g/mol. The second kappa shape index (κ2) is 5.42. The van der Waals surface area contributed by atoms with Crippen molar-refractivity contribution in [1.29, 1.82) is 0 Å². The van der Waals surface area contributed by atoms with Gasteiger partial charge < -0.3 is 4.42 Å². The standard InChI is InChI=1S/C16H15N3OS/c1-2-15(20-6-1)16-17-8-13-3-5-19(10-14(13)18-16)9-12-4-7-21-11-12/h1-2,4,6-8,11H,3,5,9-10H2. The molecule has 3 aromatic rings. The van der Waals surface area contributed by atoms with E-state index in [0.717, 1.165) is 37.5 Å². The Morgan fingerprint density at radius 1 is 1.33 bits per heavy atom. The molecule has 4 rings (SSSR count). The van der Waals surface area contributed by atoms with E-state index in [1.807, 2.05) is 18.3 Å². The van der Waals surface area contributed by atoms with Gasteiger partial charge in [0.25, 0.3) is 0 Å². The van der Waals surface area contributed by atoms with Crippen molar-refractivity contribution in [3.63, 3.8) is 0 Å². The lowest BCUT2D eigenvalue weighted by Gasteiger charge is -2.27. The summed E-state index contributed by atoms with van der Waals surface area (Å²) in [5, 5.41) is 4.34. The van der Waals surface area contributed by atoms with Crippen LogP contribution in [0, 0.1) is 0 Å². The summed E-state index contributed by atoms with van der Waals surface area (Å²) < 4.78 is 5.39. The first kappa shape index (κ1) is 12.7. The molecule has 0 amide bonds. The minimum absolute atomic E-state index is 0.677. The third kappa shape index (κ3) is 2.62. The minimum atomic E-state index is 0.677. The molecule has 0 radical (unpaired) electrons. The summed E-state index contributed by atoms with van der Waals surface area (Å²) in [5.74, 6) is 1.41. The van der Waals surface area contributed by atoms with E-state index in [-0.39, 0.29) is 0 Å². The predicted octanol–water partition coefficient (Wildman–Crippen LogP) is 3.36. The number of thiophene rings is 1. The zero-order valence-electron chi connectivity index (χ0n) is 11.5. The molecule has 0 aliphatic carbocycles. The summed E-state index contributed by atoms with van der Waals surface area (Å²) in [6, 6.07) is 5.95. The van der Waals surface area contributed by atoms with E-state index in [0.29, 0.717) is 5.82 Å². The molecule has 0 saturated carbocycles. The summed E-state index contributed by atoms with van der Waals surface area (Å²) in [7, 11) is 0. The number of furan rings is 1. The molecular formula is C16H15N3OS. The van der Waals surface area contributed by atoms with Gasteiger partial charge in [-0.3, -0.25) is 4.90 Å². The van der Waals surface area contributed by atoms with Crippen LogP contribution in [0.3, 0.4) is 0 Å². The van der Waals surface area contributed by atoms with Crippen LogP contribution in [0.15, 0.2) is 45.8 Å². The second-order valence-corrected chi connectivity index (χ2v) is 6.02. The molecule has 21 heavy (non-hydrogen) atoms. The van der Waals surface area contributed by atoms with Gasteiger partial charge in [-0.25, -0.2) is 9.97 Å². The van der Waals surface area contributed by atoms with Gasteiger partial charge in [0.2, 0.25) is 0 Å². The highest BCUT2D eigenvalue weighted by Crippen LogP contribution is 2.22. The molecule has 5 heteroatoms. The van der Waals surface area contributed by atoms with Crippen LogP contribution in [0.4, 0.5) is 0 Å². The average Bonchev–Trinajstić information content (AvgIpc) is 3.20. The third-order valence-corrected chi connectivity index (χ3v) is 4.48. The first-order valence-electron chi connectivity index (χ1n) is 7.00. The van der Waals surface area contributed by atoms with Crippen molar-refractivity contribution in [1.82, 2.24) is 14.9 Å². The van der Waals surface area contributed by atoms with Gasteiger partial charge in [0, 0.05) is 25.8 Å². The van der Waals surface area contributed by atoms with Crippen LogP contribution >= 0.6 is 11.3 Å². The van der Waals surface area contributed by atoms with Gasteiger partial charge in [0.05, 0.1) is 12.0 Å². The molecule has 1 aliphatic rings. The maximum atomic E-state index is 5.39. The SMILES string of the molecule is c1coc(-c2ncc3c(n2)CN(Cc2ccsc2)CC3)c1. The van der Waals surface area contributed by atoms with E-state index in [4.69, 9.17) is 9.40 Å². The predicted molar refractivity (Wildman–Crippen MR) is 81.9 cm³/mol. The highest BCUT2D eigenvalue weighted by Gasteiger charge is 2.19. The fourth-order valence-electron chi connectivity index (χ4n) is 2.66. The zero-order chi connectivity index (χ0) is 14.1. The maximum absolute atomic E-state index is 5.39. The molecule has 1 aliphatic heterocycles. The molecule has 0 atom stereocenters. The smallest absolute Gasteiger partial charge is 0.195 e. The fraction of sp³-hybridized carbons (Fsp3) is 0.250. The van der Waals surface area contributed by atoms with Crippen LogP contribution in [0.25, 0.3) is 11.6 Å². The van der Waals surface area contributed by atoms with Crippen molar-refractivity contribution >= 4 is 11.3 Å². The molecule has 0 saturated heterocycles.